The highest BCUT2D eigenvalue weighted by atomic mass is 16.5. The Morgan fingerprint density at radius 1 is 0.955 bits per heavy atom. The molecular formula is C18H30NO3+. The second-order valence-electron chi connectivity index (χ2n) is 6.16. The number of nitrogens with two attached hydrogens (primary N) is 1. The molecule has 2 rings (SSSR count). The van der Waals surface area contributed by atoms with Crippen LogP contribution in [0.2, 0.25) is 0 Å². The monoisotopic (exact) mass is 308 g/mol. The van der Waals surface area contributed by atoms with Crippen molar-refractivity contribution in [1.29, 1.82) is 0 Å². The fraction of sp³-hybridized carbons (Fsp3) is 0.667. The van der Waals surface area contributed by atoms with Gasteiger partial charge in [0.25, 0.3) is 0 Å². The molecule has 0 aliphatic heterocycles. The lowest BCUT2D eigenvalue weighted by molar-refractivity contribution is -0.707. The number of ether oxygens (including phenoxy) is 3. The summed E-state index contributed by atoms with van der Waals surface area (Å²) in [6, 6.07) is 4.85. The second kappa shape index (κ2) is 8.28. The Balaban J connectivity index is 1.98. The lowest BCUT2D eigenvalue weighted by atomic mass is 9.84. The molecule has 22 heavy (non-hydrogen) atoms. The van der Waals surface area contributed by atoms with Crippen LogP contribution in [0, 0.1) is 5.92 Å². The molecule has 0 bridgehead atoms. The van der Waals surface area contributed by atoms with Crippen molar-refractivity contribution in [3.63, 3.8) is 0 Å². The van der Waals surface area contributed by atoms with Crippen LogP contribution in [0.4, 0.5) is 0 Å². The Hall–Kier alpha value is -1.42. The topological polar surface area (TPSA) is 44.3 Å². The molecule has 0 unspecified atom stereocenters. The first-order valence-electron chi connectivity index (χ1n) is 8.34. The first kappa shape index (κ1) is 16.9. The summed E-state index contributed by atoms with van der Waals surface area (Å²) in [5, 5.41) is 2.46. The fourth-order valence-corrected chi connectivity index (χ4v) is 3.39. The molecule has 0 atom stereocenters. The lowest BCUT2D eigenvalue weighted by Gasteiger charge is -2.26. The van der Waals surface area contributed by atoms with E-state index in [4.69, 9.17) is 14.2 Å². The normalized spacial score (nSPS) is 21.5. The van der Waals surface area contributed by atoms with Crippen LogP contribution in [-0.4, -0.2) is 27.4 Å². The van der Waals surface area contributed by atoms with Crippen molar-refractivity contribution < 1.29 is 19.5 Å². The van der Waals surface area contributed by atoms with E-state index in [1.807, 2.05) is 0 Å². The number of quaternary nitrogens is 1. The standard InChI is InChI=1S/C18H29NO3/c1-5-13-6-8-15(9-7-13)19-12-14-10-16(20-2)18(22-4)17(11-14)21-3/h10-11,13,15,19H,5-9,12H2,1-4H3/p+1. The summed E-state index contributed by atoms with van der Waals surface area (Å²) in [7, 11) is 4.96. The summed E-state index contributed by atoms with van der Waals surface area (Å²) in [5.74, 6) is 3.09. The third-order valence-corrected chi connectivity index (χ3v) is 4.88. The van der Waals surface area contributed by atoms with E-state index in [0.29, 0.717) is 5.75 Å². The number of hydrogen-bond acceptors (Lipinski definition) is 3. The number of hydrogen-bond donors (Lipinski definition) is 1. The van der Waals surface area contributed by atoms with Crippen LogP contribution in [0.25, 0.3) is 0 Å². The maximum atomic E-state index is 5.42. The first-order chi connectivity index (χ1) is 10.7. The summed E-state index contributed by atoms with van der Waals surface area (Å²) in [4.78, 5) is 0. The Bertz CT molecular complexity index is 442. The molecule has 2 N–H and O–H groups in total. The summed E-state index contributed by atoms with van der Waals surface area (Å²) < 4.78 is 16.2. The molecule has 0 radical (unpaired) electrons. The molecule has 0 aromatic heterocycles. The molecular weight excluding hydrogens is 278 g/mol. The van der Waals surface area contributed by atoms with Gasteiger partial charge in [0.1, 0.15) is 6.54 Å². The highest BCUT2D eigenvalue weighted by Crippen LogP contribution is 2.38. The van der Waals surface area contributed by atoms with E-state index in [1.54, 1.807) is 21.3 Å². The average molecular weight is 308 g/mol. The third-order valence-electron chi connectivity index (χ3n) is 4.88. The minimum atomic E-state index is 0.664. The van der Waals surface area contributed by atoms with Gasteiger partial charge in [-0.15, -0.1) is 0 Å². The van der Waals surface area contributed by atoms with Crippen LogP contribution in [0.5, 0.6) is 17.2 Å². The van der Waals surface area contributed by atoms with Crippen molar-refractivity contribution in [2.24, 2.45) is 5.92 Å². The van der Waals surface area contributed by atoms with Crippen molar-refractivity contribution in [2.75, 3.05) is 21.3 Å². The van der Waals surface area contributed by atoms with Crippen LogP contribution >= 0.6 is 0 Å². The highest BCUT2D eigenvalue weighted by Gasteiger charge is 2.22. The lowest BCUT2D eigenvalue weighted by Crippen LogP contribution is -2.88. The predicted octanol–water partition coefficient (Wildman–Crippen LogP) is 2.74. The minimum absolute atomic E-state index is 0.664. The highest BCUT2D eigenvalue weighted by molar-refractivity contribution is 5.53. The molecule has 1 saturated carbocycles. The molecule has 1 aliphatic carbocycles. The molecule has 4 heteroatoms. The zero-order chi connectivity index (χ0) is 15.9. The minimum Gasteiger partial charge on any atom is -0.493 e. The first-order valence-corrected chi connectivity index (χ1v) is 8.34. The summed E-state index contributed by atoms with van der Waals surface area (Å²) in [6.07, 6.45) is 6.77. The van der Waals surface area contributed by atoms with E-state index >= 15 is 0 Å². The van der Waals surface area contributed by atoms with E-state index in [9.17, 15) is 0 Å². The summed E-state index contributed by atoms with van der Waals surface area (Å²) in [5.41, 5.74) is 1.21. The Kier molecular flexibility index (Phi) is 6.37. The van der Waals surface area contributed by atoms with Crippen LogP contribution in [0.15, 0.2) is 12.1 Å². The molecule has 1 aromatic rings. The van der Waals surface area contributed by atoms with Gasteiger partial charge < -0.3 is 19.5 Å². The van der Waals surface area contributed by atoms with Gasteiger partial charge in [-0.2, -0.15) is 0 Å². The van der Waals surface area contributed by atoms with Gasteiger partial charge in [0.15, 0.2) is 11.5 Å². The second-order valence-corrected chi connectivity index (χ2v) is 6.16. The Morgan fingerprint density at radius 3 is 2.00 bits per heavy atom. The zero-order valence-corrected chi connectivity index (χ0v) is 14.4. The Labute approximate surface area is 134 Å². The largest absolute Gasteiger partial charge is 0.493 e. The van der Waals surface area contributed by atoms with Gasteiger partial charge in [-0.1, -0.05) is 13.3 Å². The number of benzene rings is 1. The molecule has 1 fully saturated rings. The van der Waals surface area contributed by atoms with Crippen LogP contribution in [0.1, 0.15) is 44.6 Å². The van der Waals surface area contributed by atoms with Crippen molar-refractivity contribution in [2.45, 2.75) is 51.6 Å². The van der Waals surface area contributed by atoms with E-state index < -0.39 is 0 Å². The molecule has 0 saturated heterocycles. The van der Waals surface area contributed by atoms with Gasteiger partial charge in [-0.25, -0.2) is 0 Å². The Morgan fingerprint density at radius 2 is 1.55 bits per heavy atom. The van der Waals surface area contributed by atoms with Crippen molar-refractivity contribution >= 4 is 0 Å². The van der Waals surface area contributed by atoms with E-state index in [1.165, 1.54) is 37.7 Å². The van der Waals surface area contributed by atoms with Gasteiger partial charge in [0, 0.05) is 5.56 Å². The van der Waals surface area contributed by atoms with Crippen molar-refractivity contribution in [3.8, 4) is 17.2 Å². The molecule has 124 valence electrons. The third kappa shape index (κ3) is 4.07. The molecule has 0 heterocycles. The summed E-state index contributed by atoms with van der Waals surface area (Å²) >= 11 is 0. The molecule has 1 aromatic carbocycles. The zero-order valence-electron chi connectivity index (χ0n) is 14.4. The van der Waals surface area contributed by atoms with E-state index in [0.717, 1.165) is 30.0 Å². The van der Waals surface area contributed by atoms with E-state index in [-0.39, 0.29) is 0 Å². The fourth-order valence-electron chi connectivity index (χ4n) is 3.39. The van der Waals surface area contributed by atoms with Crippen LogP contribution in [-0.2, 0) is 6.54 Å². The summed E-state index contributed by atoms with van der Waals surface area (Å²) in [6.45, 7) is 3.27. The smallest absolute Gasteiger partial charge is 0.203 e. The molecule has 1 aliphatic rings. The number of methoxy groups -OCH3 is 3. The average Bonchev–Trinajstić information content (AvgIpc) is 2.59. The van der Waals surface area contributed by atoms with Gasteiger partial charge in [0.05, 0.1) is 27.4 Å². The SMILES string of the molecule is CCC1CCC([NH2+]Cc2cc(OC)c(OC)c(OC)c2)CC1. The van der Waals surface area contributed by atoms with Gasteiger partial charge in [-0.3, -0.25) is 0 Å². The molecule has 0 spiro atoms. The maximum Gasteiger partial charge on any atom is 0.203 e. The van der Waals surface area contributed by atoms with Crippen molar-refractivity contribution in [1.82, 2.24) is 0 Å². The predicted molar refractivity (Wildman–Crippen MR) is 87.8 cm³/mol. The van der Waals surface area contributed by atoms with Gasteiger partial charge >= 0.3 is 0 Å². The van der Waals surface area contributed by atoms with E-state index in [2.05, 4.69) is 24.4 Å². The van der Waals surface area contributed by atoms with Crippen LogP contribution in [0.3, 0.4) is 0 Å². The number of rotatable bonds is 7. The van der Waals surface area contributed by atoms with Crippen LogP contribution < -0.4 is 19.5 Å². The van der Waals surface area contributed by atoms with Crippen molar-refractivity contribution in [3.05, 3.63) is 17.7 Å². The molecule has 0 amide bonds. The quantitative estimate of drug-likeness (QED) is 0.842. The molecule has 4 nitrogen and oxygen atoms in total. The maximum absolute atomic E-state index is 5.42. The van der Waals surface area contributed by atoms with Gasteiger partial charge in [0.2, 0.25) is 5.75 Å². The van der Waals surface area contributed by atoms with Gasteiger partial charge in [-0.05, 0) is 43.7 Å².